The van der Waals surface area contributed by atoms with Gasteiger partial charge in [0.2, 0.25) is 0 Å². The molecule has 0 N–H and O–H groups in total. The molecule has 144 valence electrons. The van der Waals surface area contributed by atoms with E-state index in [4.69, 9.17) is 25.6 Å². The number of hydrogen-bond donors (Lipinski definition) is 0. The lowest BCUT2D eigenvalue weighted by atomic mass is 10.0. The summed E-state index contributed by atoms with van der Waals surface area (Å²) >= 11 is 5.90. The average molecular weight is 400 g/mol. The molecule has 1 aromatic carbocycles. The molecule has 2 aromatic heterocycles. The number of hydrogen-bond acceptors (Lipinski definition) is 6. The highest BCUT2D eigenvalue weighted by Crippen LogP contribution is 2.44. The van der Waals surface area contributed by atoms with Crippen LogP contribution in [0.5, 0.6) is 11.5 Å². The second-order valence-corrected chi connectivity index (χ2v) is 6.89. The van der Waals surface area contributed by atoms with E-state index in [1.165, 1.54) is 0 Å². The molecular formula is C20H18ClN3O4. The molecule has 0 radical (unpaired) electrons. The van der Waals surface area contributed by atoms with Gasteiger partial charge in [0.25, 0.3) is 5.91 Å². The number of ether oxygens (including phenoxy) is 2. The first-order valence-electron chi connectivity index (χ1n) is 8.66. The first-order chi connectivity index (χ1) is 13.5. The molecule has 1 aliphatic heterocycles. The standard InChI is InChI=1S/C20H18ClN3O4/c1-11-20(12(2)28-23-11)15-6-18-16(7-17(15)26-3)24(19(25)10-27-18)9-14-5-4-13(21)8-22-14/h4-8H,9-10H2,1-3H3. The Morgan fingerprint density at radius 3 is 2.75 bits per heavy atom. The summed E-state index contributed by atoms with van der Waals surface area (Å²) in [6, 6.07) is 7.19. The maximum absolute atomic E-state index is 12.5. The number of aryl methyl sites for hydroxylation is 2. The highest BCUT2D eigenvalue weighted by Gasteiger charge is 2.29. The van der Waals surface area contributed by atoms with E-state index >= 15 is 0 Å². The zero-order chi connectivity index (χ0) is 19.8. The number of aromatic nitrogens is 2. The van der Waals surface area contributed by atoms with Crippen molar-refractivity contribution in [2.75, 3.05) is 18.6 Å². The van der Waals surface area contributed by atoms with Crippen molar-refractivity contribution >= 4 is 23.2 Å². The Bertz CT molecular complexity index is 1030. The molecule has 28 heavy (non-hydrogen) atoms. The van der Waals surface area contributed by atoms with E-state index < -0.39 is 0 Å². The van der Waals surface area contributed by atoms with Crippen LogP contribution in [-0.2, 0) is 11.3 Å². The third kappa shape index (κ3) is 3.18. The molecular weight excluding hydrogens is 382 g/mol. The summed E-state index contributed by atoms with van der Waals surface area (Å²) in [4.78, 5) is 18.4. The minimum absolute atomic E-state index is 0.0477. The van der Waals surface area contributed by atoms with E-state index in [1.807, 2.05) is 19.9 Å². The number of rotatable bonds is 4. The van der Waals surface area contributed by atoms with Crippen LogP contribution in [0.25, 0.3) is 11.1 Å². The SMILES string of the molecule is COc1cc2c(cc1-c1c(C)noc1C)OCC(=O)N2Cc1ccc(Cl)cn1. The summed E-state index contributed by atoms with van der Waals surface area (Å²) < 4.78 is 16.6. The van der Waals surface area contributed by atoms with Crippen molar-refractivity contribution in [1.82, 2.24) is 10.1 Å². The molecule has 0 spiro atoms. The van der Waals surface area contributed by atoms with Gasteiger partial charge in [0, 0.05) is 17.8 Å². The zero-order valence-corrected chi connectivity index (χ0v) is 16.4. The van der Waals surface area contributed by atoms with Crippen LogP contribution in [-0.4, -0.2) is 29.8 Å². The number of fused-ring (bicyclic) bond motifs is 1. The van der Waals surface area contributed by atoms with Crippen molar-refractivity contribution in [1.29, 1.82) is 0 Å². The van der Waals surface area contributed by atoms with Gasteiger partial charge >= 0.3 is 0 Å². The van der Waals surface area contributed by atoms with Gasteiger partial charge in [-0.25, -0.2) is 0 Å². The van der Waals surface area contributed by atoms with Crippen LogP contribution in [0.3, 0.4) is 0 Å². The summed E-state index contributed by atoms with van der Waals surface area (Å²) in [5.41, 5.74) is 3.76. The number of carbonyl (C=O) groups excluding carboxylic acids is 1. The summed E-state index contributed by atoms with van der Waals surface area (Å²) in [7, 11) is 1.58. The van der Waals surface area contributed by atoms with Gasteiger partial charge < -0.3 is 14.0 Å². The normalized spacial score (nSPS) is 13.3. The summed E-state index contributed by atoms with van der Waals surface area (Å²) in [6.45, 7) is 3.97. The molecule has 0 saturated carbocycles. The van der Waals surface area contributed by atoms with E-state index in [0.29, 0.717) is 34.5 Å². The van der Waals surface area contributed by atoms with Gasteiger partial charge in [-0.15, -0.1) is 0 Å². The molecule has 1 amide bonds. The van der Waals surface area contributed by atoms with Crippen LogP contribution in [0.4, 0.5) is 5.69 Å². The molecule has 1 aliphatic rings. The van der Waals surface area contributed by atoms with Gasteiger partial charge in [0.15, 0.2) is 6.61 Å². The number of halogens is 1. The number of amides is 1. The molecule has 3 heterocycles. The number of pyridine rings is 1. The number of carbonyl (C=O) groups is 1. The lowest BCUT2D eigenvalue weighted by Crippen LogP contribution is -2.38. The van der Waals surface area contributed by atoms with Crippen LogP contribution in [0.15, 0.2) is 35.0 Å². The number of benzene rings is 1. The summed E-state index contributed by atoms with van der Waals surface area (Å²) in [5.74, 6) is 1.71. The van der Waals surface area contributed by atoms with Gasteiger partial charge in [-0.05, 0) is 32.0 Å². The predicted octanol–water partition coefficient (Wildman–Crippen LogP) is 3.94. The first-order valence-corrected chi connectivity index (χ1v) is 9.04. The Balaban J connectivity index is 1.79. The van der Waals surface area contributed by atoms with E-state index in [0.717, 1.165) is 22.5 Å². The van der Waals surface area contributed by atoms with Crippen molar-refractivity contribution in [3.05, 3.63) is 52.6 Å². The summed E-state index contributed by atoms with van der Waals surface area (Å²) in [6.07, 6.45) is 1.56. The van der Waals surface area contributed by atoms with E-state index in [2.05, 4.69) is 10.1 Å². The maximum Gasteiger partial charge on any atom is 0.265 e. The van der Waals surface area contributed by atoms with Gasteiger partial charge in [-0.1, -0.05) is 16.8 Å². The third-order valence-electron chi connectivity index (χ3n) is 4.64. The van der Waals surface area contributed by atoms with Crippen LogP contribution in [0, 0.1) is 13.8 Å². The molecule has 0 bridgehead atoms. The average Bonchev–Trinajstić information content (AvgIpc) is 3.03. The molecule has 0 unspecified atom stereocenters. The van der Waals surface area contributed by atoms with Crippen LogP contribution in [0.2, 0.25) is 5.02 Å². The van der Waals surface area contributed by atoms with E-state index in [1.54, 1.807) is 36.4 Å². The van der Waals surface area contributed by atoms with Crippen molar-refractivity contribution in [3.8, 4) is 22.6 Å². The smallest absolute Gasteiger partial charge is 0.265 e. The van der Waals surface area contributed by atoms with Gasteiger partial charge in [0.05, 0.1) is 41.3 Å². The van der Waals surface area contributed by atoms with E-state index in [-0.39, 0.29) is 12.5 Å². The van der Waals surface area contributed by atoms with Crippen LogP contribution >= 0.6 is 11.6 Å². The third-order valence-corrected chi connectivity index (χ3v) is 4.86. The minimum Gasteiger partial charge on any atom is -0.496 e. The molecule has 3 aromatic rings. The Labute approximate surface area is 166 Å². The van der Waals surface area contributed by atoms with Crippen molar-refractivity contribution in [3.63, 3.8) is 0 Å². The fourth-order valence-corrected chi connectivity index (χ4v) is 3.41. The predicted molar refractivity (Wildman–Crippen MR) is 104 cm³/mol. The van der Waals surface area contributed by atoms with Crippen LogP contribution in [0.1, 0.15) is 17.1 Å². The highest BCUT2D eigenvalue weighted by atomic mass is 35.5. The highest BCUT2D eigenvalue weighted by molar-refractivity contribution is 6.30. The second-order valence-electron chi connectivity index (χ2n) is 6.46. The minimum atomic E-state index is -0.156. The second kappa shape index (κ2) is 7.16. The molecule has 0 atom stereocenters. The van der Waals surface area contributed by atoms with Gasteiger partial charge in [-0.2, -0.15) is 0 Å². The number of anilines is 1. The Kier molecular flexibility index (Phi) is 4.68. The van der Waals surface area contributed by atoms with Gasteiger partial charge in [0.1, 0.15) is 17.3 Å². The van der Waals surface area contributed by atoms with Crippen molar-refractivity contribution in [2.45, 2.75) is 20.4 Å². The molecule has 0 fully saturated rings. The lowest BCUT2D eigenvalue weighted by molar-refractivity contribution is -0.121. The molecule has 0 saturated heterocycles. The topological polar surface area (TPSA) is 77.7 Å². The fourth-order valence-electron chi connectivity index (χ4n) is 3.29. The number of methoxy groups -OCH3 is 1. The maximum atomic E-state index is 12.5. The first kappa shape index (κ1) is 18.3. The quantitative estimate of drug-likeness (QED) is 0.661. The molecule has 8 heteroatoms. The van der Waals surface area contributed by atoms with Crippen molar-refractivity contribution < 1.29 is 18.8 Å². The zero-order valence-electron chi connectivity index (χ0n) is 15.7. The number of nitrogens with zero attached hydrogens (tertiary/aromatic N) is 3. The fraction of sp³-hybridized carbons (Fsp3) is 0.250. The van der Waals surface area contributed by atoms with E-state index in [9.17, 15) is 4.79 Å². The van der Waals surface area contributed by atoms with Crippen LogP contribution < -0.4 is 14.4 Å². The van der Waals surface area contributed by atoms with Crippen molar-refractivity contribution in [2.24, 2.45) is 0 Å². The molecule has 0 aliphatic carbocycles. The molecule has 4 rings (SSSR count). The summed E-state index contributed by atoms with van der Waals surface area (Å²) in [5, 5.41) is 4.56. The Morgan fingerprint density at radius 1 is 1.29 bits per heavy atom. The van der Waals surface area contributed by atoms with Gasteiger partial charge in [-0.3, -0.25) is 14.7 Å². The molecule has 7 nitrogen and oxygen atoms in total. The largest absolute Gasteiger partial charge is 0.496 e. The Hall–Kier alpha value is -3.06. The monoisotopic (exact) mass is 399 g/mol. The lowest BCUT2D eigenvalue weighted by Gasteiger charge is -2.30. The Morgan fingerprint density at radius 2 is 2.11 bits per heavy atom.